The minimum atomic E-state index is -0.752. The average Bonchev–Trinajstić information content (AvgIpc) is 3.44. The van der Waals surface area contributed by atoms with Gasteiger partial charge in [-0.2, -0.15) is 5.10 Å². The molecular formula is C24H27N5O2S. The molecule has 2 aromatic carbocycles. The van der Waals surface area contributed by atoms with Crippen LogP contribution in [0.3, 0.4) is 0 Å². The summed E-state index contributed by atoms with van der Waals surface area (Å²) in [6, 6.07) is 16.4. The van der Waals surface area contributed by atoms with Gasteiger partial charge >= 0.3 is 0 Å². The number of rotatable bonds is 9. The zero-order chi connectivity index (χ0) is 22.6. The van der Waals surface area contributed by atoms with E-state index in [1.165, 1.54) is 11.3 Å². The van der Waals surface area contributed by atoms with Crippen LogP contribution >= 0.6 is 11.3 Å². The molecule has 0 aliphatic heterocycles. The summed E-state index contributed by atoms with van der Waals surface area (Å²) >= 11 is 1.30. The van der Waals surface area contributed by atoms with Crippen LogP contribution in [0.1, 0.15) is 43.7 Å². The maximum absolute atomic E-state index is 13.3. The third-order valence-corrected chi connectivity index (χ3v) is 6.40. The van der Waals surface area contributed by atoms with Crippen molar-refractivity contribution < 1.29 is 9.90 Å². The number of aliphatic hydroxyl groups excluding tert-OH is 1. The first-order valence-electron chi connectivity index (χ1n) is 10.7. The molecule has 7 nitrogen and oxygen atoms in total. The fourth-order valence-electron chi connectivity index (χ4n) is 4.12. The highest BCUT2D eigenvalue weighted by atomic mass is 32.1. The molecule has 0 fully saturated rings. The van der Waals surface area contributed by atoms with Crippen molar-refractivity contribution in [2.75, 3.05) is 11.9 Å². The quantitative estimate of drug-likeness (QED) is 0.368. The second-order valence-corrected chi connectivity index (χ2v) is 9.21. The molecule has 2 N–H and O–H groups in total. The number of benzene rings is 2. The number of hydrogen-bond acceptors (Lipinski definition) is 6. The summed E-state index contributed by atoms with van der Waals surface area (Å²) in [7, 11) is 0. The number of fused-ring (bicyclic) bond motifs is 1. The Labute approximate surface area is 191 Å². The first-order valence-corrected chi connectivity index (χ1v) is 11.6. The van der Waals surface area contributed by atoms with E-state index in [0.717, 1.165) is 41.4 Å². The van der Waals surface area contributed by atoms with Gasteiger partial charge in [0.05, 0.1) is 17.1 Å². The van der Waals surface area contributed by atoms with Crippen molar-refractivity contribution in [2.24, 2.45) is 5.41 Å². The summed E-state index contributed by atoms with van der Waals surface area (Å²) < 4.78 is 1.97. The van der Waals surface area contributed by atoms with Gasteiger partial charge in [-0.3, -0.25) is 9.48 Å². The lowest BCUT2D eigenvalue weighted by atomic mass is 9.70. The largest absolute Gasteiger partial charge is 0.396 e. The molecule has 1 amide bonds. The van der Waals surface area contributed by atoms with Gasteiger partial charge in [0.1, 0.15) is 5.51 Å². The number of nitrogens with zero attached hydrogens (tertiary/aromatic N) is 4. The highest BCUT2D eigenvalue weighted by molar-refractivity contribution is 7.13. The van der Waals surface area contributed by atoms with Gasteiger partial charge in [-0.15, -0.1) is 10.2 Å². The lowest BCUT2D eigenvalue weighted by Gasteiger charge is -2.33. The summed E-state index contributed by atoms with van der Waals surface area (Å²) in [5.74, 6) is -0.276. The van der Waals surface area contributed by atoms with Gasteiger partial charge < -0.3 is 10.4 Å². The second kappa shape index (κ2) is 9.58. The average molecular weight is 450 g/mol. The number of nitrogens with one attached hydrogen (secondary N) is 1. The molecule has 1 atom stereocenters. The second-order valence-electron chi connectivity index (χ2n) is 8.38. The standard InChI is InChI=1S/C24H27N5O2S/c1-24(2,22(31)27-23-28-25-16-32-23)21(17-8-4-3-5-9-17)18-10-11-20-19(14-18)15-26-29(20)12-6-7-13-30/h3-5,8-11,14-16,21,30H,6-7,12-13H2,1-2H3,(H,27,28,31). The number of unbranched alkanes of at least 4 members (excludes halogenated alkanes) is 1. The molecule has 1 unspecified atom stereocenters. The fraction of sp³-hybridized carbons (Fsp3) is 0.333. The number of aromatic nitrogens is 4. The van der Waals surface area contributed by atoms with Gasteiger partial charge in [0.25, 0.3) is 0 Å². The van der Waals surface area contributed by atoms with E-state index in [9.17, 15) is 4.79 Å². The predicted molar refractivity (Wildman–Crippen MR) is 127 cm³/mol. The molecule has 4 rings (SSSR count). The van der Waals surface area contributed by atoms with E-state index >= 15 is 0 Å². The van der Waals surface area contributed by atoms with E-state index in [2.05, 4.69) is 50.9 Å². The molecule has 8 heteroatoms. The van der Waals surface area contributed by atoms with E-state index in [-0.39, 0.29) is 18.4 Å². The number of amides is 1. The maximum Gasteiger partial charge on any atom is 0.232 e. The predicted octanol–water partition coefficient (Wildman–Crippen LogP) is 4.46. The molecular weight excluding hydrogens is 422 g/mol. The first kappa shape index (κ1) is 22.1. The van der Waals surface area contributed by atoms with Gasteiger partial charge in [-0.25, -0.2) is 0 Å². The fourth-order valence-corrected chi connectivity index (χ4v) is 4.56. The van der Waals surface area contributed by atoms with E-state index in [1.807, 2.05) is 42.9 Å². The Bertz CT molecular complexity index is 1170. The van der Waals surface area contributed by atoms with Gasteiger partial charge in [0.15, 0.2) is 0 Å². The number of aliphatic hydroxyl groups is 1. The van der Waals surface area contributed by atoms with Crippen molar-refractivity contribution >= 4 is 33.3 Å². The smallest absolute Gasteiger partial charge is 0.232 e. The molecule has 0 spiro atoms. The van der Waals surface area contributed by atoms with Crippen LogP contribution in [0.4, 0.5) is 5.13 Å². The maximum atomic E-state index is 13.3. The van der Waals surface area contributed by atoms with Crippen LogP contribution in [0.2, 0.25) is 0 Å². The third-order valence-electron chi connectivity index (χ3n) is 5.80. The number of hydrogen-bond donors (Lipinski definition) is 2. The molecule has 0 aliphatic rings. The molecule has 0 bridgehead atoms. The van der Waals surface area contributed by atoms with Gasteiger partial charge in [0.2, 0.25) is 11.0 Å². The van der Waals surface area contributed by atoms with E-state index in [1.54, 1.807) is 5.51 Å². The van der Waals surface area contributed by atoms with Crippen molar-refractivity contribution in [3.63, 3.8) is 0 Å². The minimum Gasteiger partial charge on any atom is -0.396 e. The van der Waals surface area contributed by atoms with Gasteiger partial charge in [-0.05, 0) is 36.1 Å². The number of aryl methyl sites for hydroxylation is 1. The number of carbonyl (C=O) groups excluding carboxylic acids is 1. The van der Waals surface area contributed by atoms with E-state index in [0.29, 0.717) is 5.13 Å². The summed E-state index contributed by atoms with van der Waals surface area (Å²) in [4.78, 5) is 13.3. The molecule has 0 saturated heterocycles. The first-order chi connectivity index (χ1) is 15.5. The lowest BCUT2D eigenvalue weighted by molar-refractivity contribution is -0.124. The van der Waals surface area contributed by atoms with Crippen LogP contribution in [0.15, 0.2) is 60.2 Å². The van der Waals surface area contributed by atoms with Crippen molar-refractivity contribution in [3.05, 3.63) is 71.4 Å². The zero-order valence-electron chi connectivity index (χ0n) is 18.2. The Kier molecular flexibility index (Phi) is 6.62. The topological polar surface area (TPSA) is 92.9 Å². The Balaban J connectivity index is 1.70. The summed E-state index contributed by atoms with van der Waals surface area (Å²) in [5.41, 5.74) is 4.02. The Morgan fingerprint density at radius 3 is 2.69 bits per heavy atom. The molecule has 2 aromatic heterocycles. The minimum absolute atomic E-state index is 0.108. The van der Waals surface area contributed by atoms with Gasteiger partial charge in [-0.1, -0.05) is 61.6 Å². The zero-order valence-corrected chi connectivity index (χ0v) is 19.0. The van der Waals surface area contributed by atoms with E-state index in [4.69, 9.17) is 5.11 Å². The van der Waals surface area contributed by atoms with E-state index < -0.39 is 5.41 Å². The van der Waals surface area contributed by atoms with Crippen LogP contribution in [0.25, 0.3) is 10.9 Å². The van der Waals surface area contributed by atoms with Crippen LogP contribution in [0.5, 0.6) is 0 Å². The summed E-state index contributed by atoms with van der Waals surface area (Å²) in [5, 5.41) is 25.8. The van der Waals surface area contributed by atoms with Crippen molar-refractivity contribution in [2.45, 2.75) is 39.2 Å². The third kappa shape index (κ3) is 4.56. The van der Waals surface area contributed by atoms with Gasteiger partial charge in [0, 0.05) is 24.5 Å². The molecule has 32 heavy (non-hydrogen) atoms. The highest BCUT2D eigenvalue weighted by Crippen LogP contribution is 2.42. The van der Waals surface area contributed by atoms with Crippen LogP contribution < -0.4 is 5.32 Å². The molecule has 2 heterocycles. The molecule has 4 aromatic rings. The van der Waals surface area contributed by atoms with Crippen LogP contribution in [-0.4, -0.2) is 37.6 Å². The van der Waals surface area contributed by atoms with Crippen molar-refractivity contribution in [3.8, 4) is 0 Å². The monoisotopic (exact) mass is 449 g/mol. The lowest BCUT2D eigenvalue weighted by Crippen LogP contribution is -2.37. The van der Waals surface area contributed by atoms with Crippen molar-refractivity contribution in [1.29, 1.82) is 0 Å². The Hall–Kier alpha value is -3.10. The Morgan fingerprint density at radius 2 is 1.97 bits per heavy atom. The van der Waals surface area contributed by atoms with Crippen LogP contribution in [-0.2, 0) is 11.3 Å². The molecule has 0 radical (unpaired) electrons. The molecule has 0 aliphatic carbocycles. The van der Waals surface area contributed by atoms with Crippen LogP contribution in [0, 0.1) is 5.41 Å². The molecule has 166 valence electrons. The van der Waals surface area contributed by atoms with Crippen molar-refractivity contribution in [1.82, 2.24) is 20.0 Å². The number of carbonyl (C=O) groups is 1. The highest BCUT2D eigenvalue weighted by Gasteiger charge is 2.39. The Morgan fingerprint density at radius 1 is 1.16 bits per heavy atom. The summed E-state index contributed by atoms with van der Waals surface area (Å²) in [6.45, 7) is 4.88. The summed E-state index contributed by atoms with van der Waals surface area (Å²) in [6.07, 6.45) is 3.50. The number of anilines is 1. The normalized spacial score (nSPS) is 12.7. The SMILES string of the molecule is CC(C)(C(=O)Nc1nncs1)C(c1ccccc1)c1ccc2c(cnn2CCCCO)c1. The molecule has 0 saturated carbocycles.